The molecule has 0 spiro atoms. The first-order chi connectivity index (χ1) is 9.81. The summed E-state index contributed by atoms with van der Waals surface area (Å²) in [6.45, 7) is 6.75. The molecular weight excluding hydrogens is 267 g/mol. The van der Waals surface area contributed by atoms with Crippen LogP contribution in [0.4, 0.5) is 4.39 Å². The summed E-state index contributed by atoms with van der Waals surface area (Å²) >= 11 is 0. The average Bonchev–Trinajstić information content (AvgIpc) is 2.42. The van der Waals surface area contributed by atoms with Crippen LogP contribution in [0.2, 0.25) is 0 Å². The highest BCUT2D eigenvalue weighted by atomic mass is 19.1. The second kappa shape index (κ2) is 6.35. The van der Waals surface area contributed by atoms with Crippen molar-refractivity contribution in [3.8, 4) is 5.75 Å². The minimum absolute atomic E-state index is 0.144. The number of hydrogen-bond acceptors (Lipinski definition) is 2. The monoisotopic (exact) mass is 294 g/mol. The summed E-state index contributed by atoms with van der Waals surface area (Å²) in [5.74, 6) is 1.03. The van der Waals surface area contributed by atoms with Gasteiger partial charge in [0.05, 0.1) is 13.2 Å². The molecule has 1 aromatic carbocycles. The molecule has 1 saturated carbocycles. The van der Waals surface area contributed by atoms with E-state index in [1.165, 1.54) is 13.2 Å². The van der Waals surface area contributed by atoms with Crippen LogP contribution in [0.15, 0.2) is 18.2 Å². The minimum atomic E-state index is -0.315. The fourth-order valence-corrected chi connectivity index (χ4v) is 3.36. The number of hydrogen-bond donors (Lipinski definition) is 1. The predicted molar refractivity (Wildman–Crippen MR) is 82.9 cm³/mol. The molecule has 2 nitrogen and oxygen atoms in total. The molecule has 0 saturated heterocycles. The maximum Gasteiger partial charge on any atom is 0.130 e. The molecule has 2 rings (SSSR count). The van der Waals surface area contributed by atoms with Crippen LogP contribution in [-0.2, 0) is 6.42 Å². The smallest absolute Gasteiger partial charge is 0.130 e. The Morgan fingerprint density at radius 3 is 2.57 bits per heavy atom. The number of aliphatic hydroxyl groups excluding tert-OH is 1. The third-order valence-electron chi connectivity index (χ3n) is 4.91. The van der Waals surface area contributed by atoms with Gasteiger partial charge in [-0.15, -0.1) is 0 Å². The molecule has 0 heterocycles. The SMILES string of the molecule is COc1ccc(CC2CC(C(C)(C)C)CCC2O)c(F)c1. The van der Waals surface area contributed by atoms with Crippen molar-refractivity contribution < 1.29 is 14.2 Å². The van der Waals surface area contributed by atoms with Gasteiger partial charge in [-0.25, -0.2) is 4.39 Å². The van der Waals surface area contributed by atoms with Gasteiger partial charge in [-0.2, -0.15) is 0 Å². The number of methoxy groups -OCH3 is 1. The van der Waals surface area contributed by atoms with E-state index in [9.17, 15) is 9.50 Å². The number of ether oxygens (including phenoxy) is 1. The molecule has 3 atom stereocenters. The first kappa shape index (κ1) is 16.3. The van der Waals surface area contributed by atoms with Gasteiger partial charge in [0, 0.05) is 6.07 Å². The lowest BCUT2D eigenvalue weighted by Crippen LogP contribution is -2.35. The molecule has 3 unspecified atom stereocenters. The Morgan fingerprint density at radius 2 is 2.00 bits per heavy atom. The summed E-state index contributed by atoms with van der Waals surface area (Å²) in [5, 5.41) is 10.3. The van der Waals surface area contributed by atoms with E-state index in [-0.39, 0.29) is 23.3 Å². The number of benzene rings is 1. The molecule has 1 aliphatic carbocycles. The maximum atomic E-state index is 14.1. The van der Waals surface area contributed by atoms with E-state index in [2.05, 4.69) is 20.8 Å². The topological polar surface area (TPSA) is 29.5 Å². The van der Waals surface area contributed by atoms with E-state index >= 15 is 0 Å². The van der Waals surface area contributed by atoms with Gasteiger partial charge in [0.25, 0.3) is 0 Å². The molecule has 1 N–H and O–H groups in total. The molecule has 1 aromatic rings. The molecule has 0 aliphatic heterocycles. The molecular formula is C18H27FO2. The standard InChI is InChI=1S/C18H27FO2/c1-18(2,3)14-6-8-17(20)13(10-14)9-12-5-7-15(21-4)11-16(12)19/h5,7,11,13-14,17,20H,6,8-10H2,1-4H3. The Balaban J connectivity index is 2.10. The van der Waals surface area contributed by atoms with Gasteiger partial charge in [-0.1, -0.05) is 26.8 Å². The molecule has 3 heteroatoms. The van der Waals surface area contributed by atoms with E-state index in [1.807, 2.05) is 0 Å². The van der Waals surface area contributed by atoms with Gasteiger partial charge in [-0.05, 0) is 54.6 Å². The Kier molecular flexibility index (Phi) is 4.92. The lowest BCUT2D eigenvalue weighted by atomic mass is 9.67. The molecule has 0 aromatic heterocycles. The fraction of sp³-hybridized carbons (Fsp3) is 0.667. The second-order valence-electron chi connectivity index (χ2n) is 7.36. The molecule has 0 radical (unpaired) electrons. The molecule has 118 valence electrons. The fourth-order valence-electron chi connectivity index (χ4n) is 3.36. The normalized spacial score (nSPS) is 26.7. The van der Waals surface area contributed by atoms with Gasteiger partial charge in [0.2, 0.25) is 0 Å². The van der Waals surface area contributed by atoms with Crippen LogP contribution >= 0.6 is 0 Å². The molecule has 0 bridgehead atoms. The zero-order chi connectivity index (χ0) is 15.6. The molecule has 0 amide bonds. The summed E-state index contributed by atoms with van der Waals surface area (Å²) in [6, 6.07) is 4.99. The van der Waals surface area contributed by atoms with E-state index < -0.39 is 0 Å². The van der Waals surface area contributed by atoms with Crippen molar-refractivity contribution in [1.82, 2.24) is 0 Å². The van der Waals surface area contributed by atoms with Gasteiger partial charge in [0.15, 0.2) is 0 Å². The number of rotatable bonds is 3. The summed E-state index contributed by atoms with van der Waals surface area (Å²) in [5.41, 5.74) is 0.922. The summed E-state index contributed by atoms with van der Waals surface area (Å²) in [4.78, 5) is 0. The Hall–Kier alpha value is -1.09. The van der Waals surface area contributed by atoms with Crippen LogP contribution < -0.4 is 4.74 Å². The summed E-state index contributed by atoms with van der Waals surface area (Å²) in [7, 11) is 1.53. The average molecular weight is 294 g/mol. The Morgan fingerprint density at radius 1 is 1.29 bits per heavy atom. The number of halogens is 1. The van der Waals surface area contributed by atoms with Crippen LogP contribution in [0, 0.1) is 23.1 Å². The van der Waals surface area contributed by atoms with Crippen LogP contribution in [0.3, 0.4) is 0 Å². The van der Waals surface area contributed by atoms with Crippen LogP contribution in [0.25, 0.3) is 0 Å². The lowest BCUT2D eigenvalue weighted by molar-refractivity contribution is 0.0193. The highest BCUT2D eigenvalue weighted by Gasteiger charge is 2.35. The molecule has 1 aliphatic rings. The van der Waals surface area contributed by atoms with Crippen LogP contribution in [0.1, 0.15) is 45.6 Å². The quantitative estimate of drug-likeness (QED) is 0.905. The Bertz CT molecular complexity index is 479. The van der Waals surface area contributed by atoms with Gasteiger partial charge < -0.3 is 9.84 Å². The summed E-state index contributed by atoms with van der Waals surface area (Å²) in [6.07, 6.45) is 3.14. The highest BCUT2D eigenvalue weighted by Crippen LogP contribution is 2.41. The van der Waals surface area contributed by atoms with Crippen molar-refractivity contribution in [3.63, 3.8) is 0 Å². The van der Waals surface area contributed by atoms with Gasteiger partial charge >= 0.3 is 0 Å². The first-order valence-electron chi connectivity index (χ1n) is 7.81. The van der Waals surface area contributed by atoms with E-state index in [1.54, 1.807) is 12.1 Å². The second-order valence-corrected chi connectivity index (χ2v) is 7.36. The largest absolute Gasteiger partial charge is 0.497 e. The zero-order valence-electron chi connectivity index (χ0n) is 13.5. The van der Waals surface area contributed by atoms with E-state index in [0.29, 0.717) is 23.7 Å². The highest BCUT2D eigenvalue weighted by molar-refractivity contribution is 5.29. The van der Waals surface area contributed by atoms with E-state index in [4.69, 9.17) is 4.74 Å². The first-order valence-corrected chi connectivity index (χ1v) is 7.81. The van der Waals surface area contributed by atoms with Crippen molar-refractivity contribution >= 4 is 0 Å². The number of aliphatic hydroxyl groups is 1. The van der Waals surface area contributed by atoms with Gasteiger partial charge in [0.1, 0.15) is 11.6 Å². The maximum absolute atomic E-state index is 14.1. The van der Waals surface area contributed by atoms with Crippen molar-refractivity contribution in [2.45, 2.75) is 52.6 Å². The molecule has 21 heavy (non-hydrogen) atoms. The lowest BCUT2D eigenvalue weighted by Gasteiger charge is -2.40. The van der Waals surface area contributed by atoms with Gasteiger partial charge in [-0.3, -0.25) is 0 Å². The van der Waals surface area contributed by atoms with Crippen molar-refractivity contribution in [3.05, 3.63) is 29.6 Å². The summed E-state index contributed by atoms with van der Waals surface area (Å²) < 4.78 is 19.1. The zero-order valence-corrected chi connectivity index (χ0v) is 13.5. The third kappa shape index (κ3) is 3.97. The van der Waals surface area contributed by atoms with Crippen LogP contribution in [-0.4, -0.2) is 18.3 Å². The van der Waals surface area contributed by atoms with Crippen molar-refractivity contribution in [2.75, 3.05) is 7.11 Å². The third-order valence-corrected chi connectivity index (χ3v) is 4.91. The van der Waals surface area contributed by atoms with Crippen molar-refractivity contribution in [1.29, 1.82) is 0 Å². The van der Waals surface area contributed by atoms with Crippen molar-refractivity contribution in [2.24, 2.45) is 17.3 Å². The van der Waals surface area contributed by atoms with Crippen LogP contribution in [0.5, 0.6) is 5.75 Å². The predicted octanol–water partition coefficient (Wildman–Crippen LogP) is 4.20. The van der Waals surface area contributed by atoms with E-state index in [0.717, 1.165) is 19.3 Å². The molecule has 1 fully saturated rings. The Labute approximate surface area is 127 Å². The minimum Gasteiger partial charge on any atom is -0.497 e.